The van der Waals surface area contributed by atoms with Crippen molar-refractivity contribution in [3.05, 3.63) is 48.2 Å². The Morgan fingerprint density at radius 3 is 2.38 bits per heavy atom. The van der Waals surface area contributed by atoms with Gasteiger partial charge < -0.3 is 15.8 Å². The van der Waals surface area contributed by atoms with Gasteiger partial charge in [-0.25, -0.2) is 9.78 Å². The van der Waals surface area contributed by atoms with E-state index in [9.17, 15) is 9.59 Å². The molecule has 1 aromatic carbocycles. The number of amides is 2. The second-order valence-electron chi connectivity index (χ2n) is 6.10. The van der Waals surface area contributed by atoms with Crippen LogP contribution in [0.15, 0.2) is 42.6 Å². The number of carbonyl (C=O) groups excluding carboxylic acids is 2. The van der Waals surface area contributed by atoms with Gasteiger partial charge >= 0.3 is 6.09 Å². The molecule has 1 aromatic heterocycles. The molecule has 0 spiro atoms. The number of nitrogens with one attached hydrogen (secondary N) is 2. The van der Waals surface area contributed by atoms with E-state index in [4.69, 9.17) is 10.5 Å². The van der Waals surface area contributed by atoms with Gasteiger partial charge in [-0.15, -0.1) is 0 Å². The molecule has 0 aliphatic carbocycles. The lowest BCUT2D eigenvalue weighted by molar-refractivity contribution is 0.0635. The van der Waals surface area contributed by atoms with Crippen molar-refractivity contribution < 1.29 is 14.3 Å². The lowest BCUT2D eigenvalue weighted by Crippen LogP contribution is -2.27. The summed E-state index contributed by atoms with van der Waals surface area (Å²) in [6.07, 6.45) is 0.841. The van der Waals surface area contributed by atoms with Crippen molar-refractivity contribution in [3.63, 3.8) is 0 Å². The number of hydrogen-bond donors (Lipinski definition) is 3. The van der Waals surface area contributed by atoms with Gasteiger partial charge in [0.05, 0.1) is 17.4 Å². The standard InChI is InChI=1S/C17H20N4O3/c1-17(2,3)24-16(23)21-14-9-8-11(10-19-14)20-15(22)12-6-4-5-7-13(12)18/h4-10H,18H2,1-3H3,(H,20,22)(H,19,21,23). The van der Waals surface area contributed by atoms with Crippen molar-refractivity contribution in [1.82, 2.24) is 4.98 Å². The SMILES string of the molecule is CC(C)(C)OC(=O)Nc1ccc(NC(=O)c2ccccc2N)cn1. The number of pyridine rings is 1. The van der Waals surface area contributed by atoms with Gasteiger partial charge in [0.15, 0.2) is 0 Å². The Morgan fingerprint density at radius 2 is 1.79 bits per heavy atom. The predicted molar refractivity (Wildman–Crippen MR) is 92.9 cm³/mol. The molecule has 7 heteroatoms. The molecule has 2 amide bonds. The minimum atomic E-state index is -0.594. The summed E-state index contributed by atoms with van der Waals surface area (Å²) in [6, 6.07) is 9.96. The Kier molecular flexibility index (Phi) is 5.03. The molecule has 4 N–H and O–H groups in total. The number of aromatic nitrogens is 1. The fourth-order valence-corrected chi connectivity index (χ4v) is 1.85. The van der Waals surface area contributed by atoms with Gasteiger partial charge in [0.2, 0.25) is 0 Å². The van der Waals surface area contributed by atoms with Crippen LogP contribution in [0.1, 0.15) is 31.1 Å². The Labute approximate surface area is 140 Å². The molecule has 24 heavy (non-hydrogen) atoms. The van der Waals surface area contributed by atoms with Crippen molar-refractivity contribution in [3.8, 4) is 0 Å². The maximum atomic E-state index is 12.1. The monoisotopic (exact) mass is 328 g/mol. The largest absolute Gasteiger partial charge is 0.444 e. The zero-order valence-electron chi connectivity index (χ0n) is 13.8. The van der Waals surface area contributed by atoms with Gasteiger partial charge in [0.1, 0.15) is 11.4 Å². The van der Waals surface area contributed by atoms with E-state index in [1.165, 1.54) is 6.20 Å². The van der Waals surface area contributed by atoms with E-state index in [1.807, 2.05) is 0 Å². The molecule has 0 saturated heterocycles. The second-order valence-corrected chi connectivity index (χ2v) is 6.10. The topological polar surface area (TPSA) is 106 Å². The summed E-state index contributed by atoms with van der Waals surface area (Å²) in [5, 5.41) is 5.21. The Hall–Kier alpha value is -3.09. The van der Waals surface area contributed by atoms with Crippen molar-refractivity contribution in [2.45, 2.75) is 26.4 Å². The summed E-state index contributed by atoms with van der Waals surface area (Å²) in [4.78, 5) is 27.9. The molecule has 0 radical (unpaired) electrons. The summed E-state index contributed by atoms with van der Waals surface area (Å²) in [5.74, 6) is -0.00998. The Balaban J connectivity index is 1.98. The maximum absolute atomic E-state index is 12.1. The van der Waals surface area contributed by atoms with Gasteiger partial charge in [-0.2, -0.15) is 0 Å². The third-order valence-electron chi connectivity index (χ3n) is 2.86. The lowest BCUT2D eigenvalue weighted by atomic mass is 10.1. The molecule has 0 saturated carbocycles. The molecule has 2 rings (SSSR count). The highest BCUT2D eigenvalue weighted by Crippen LogP contribution is 2.15. The highest BCUT2D eigenvalue weighted by atomic mass is 16.6. The number of benzene rings is 1. The van der Waals surface area contributed by atoms with Gasteiger partial charge in [0.25, 0.3) is 5.91 Å². The molecule has 1 heterocycles. The summed E-state index contributed by atoms with van der Waals surface area (Å²) in [5.41, 5.74) is 6.44. The van der Waals surface area contributed by atoms with Crippen LogP contribution in [0.5, 0.6) is 0 Å². The summed E-state index contributed by atoms with van der Waals surface area (Å²) >= 11 is 0. The molecule has 7 nitrogen and oxygen atoms in total. The van der Waals surface area contributed by atoms with E-state index in [1.54, 1.807) is 57.2 Å². The van der Waals surface area contributed by atoms with Crippen LogP contribution < -0.4 is 16.4 Å². The van der Waals surface area contributed by atoms with Crippen molar-refractivity contribution >= 4 is 29.2 Å². The summed E-state index contributed by atoms with van der Waals surface area (Å²) in [6.45, 7) is 5.32. The average Bonchev–Trinajstić information content (AvgIpc) is 2.47. The Bertz CT molecular complexity index is 736. The number of para-hydroxylation sites is 1. The second kappa shape index (κ2) is 6.99. The zero-order chi connectivity index (χ0) is 17.7. The third-order valence-corrected chi connectivity index (χ3v) is 2.86. The number of hydrogen-bond acceptors (Lipinski definition) is 5. The van der Waals surface area contributed by atoms with E-state index in [0.717, 1.165) is 0 Å². The first kappa shape index (κ1) is 17.3. The molecule has 0 fully saturated rings. The summed E-state index contributed by atoms with van der Waals surface area (Å²) < 4.78 is 5.13. The minimum absolute atomic E-state index is 0.321. The van der Waals surface area contributed by atoms with Gasteiger partial charge in [0, 0.05) is 5.69 Å². The Morgan fingerprint density at radius 1 is 1.08 bits per heavy atom. The summed E-state index contributed by atoms with van der Waals surface area (Å²) in [7, 11) is 0. The van der Waals surface area contributed by atoms with Crippen LogP contribution in [0.25, 0.3) is 0 Å². The van der Waals surface area contributed by atoms with E-state index >= 15 is 0 Å². The first-order valence-corrected chi connectivity index (χ1v) is 7.36. The van der Waals surface area contributed by atoms with Crippen LogP contribution in [0, 0.1) is 0 Å². The maximum Gasteiger partial charge on any atom is 0.413 e. The van der Waals surface area contributed by atoms with E-state index < -0.39 is 11.7 Å². The fourth-order valence-electron chi connectivity index (χ4n) is 1.85. The van der Waals surface area contributed by atoms with Crippen LogP contribution >= 0.6 is 0 Å². The number of nitrogens with two attached hydrogens (primary N) is 1. The number of anilines is 3. The first-order valence-electron chi connectivity index (χ1n) is 7.36. The quantitative estimate of drug-likeness (QED) is 0.750. The molecular weight excluding hydrogens is 308 g/mol. The first-order chi connectivity index (χ1) is 11.2. The molecular formula is C17H20N4O3. The highest BCUT2D eigenvalue weighted by Gasteiger charge is 2.16. The van der Waals surface area contributed by atoms with Crippen LogP contribution in [0.4, 0.5) is 22.0 Å². The van der Waals surface area contributed by atoms with Crippen LogP contribution in [0.3, 0.4) is 0 Å². The van der Waals surface area contributed by atoms with Gasteiger partial charge in [-0.3, -0.25) is 10.1 Å². The smallest absolute Gasteiger partial charge is 0.413 e. The highest BCUT2D eigenvalue weighted by molar-refractivity contribution is 6.07. The van der Waals surface area contributed by atoms with Crippen molar-refractivity contribution in [2.75, 3.05) is 16.4 Å². The van der Waals surface area contributed by atoms with E-state index in [0.29, 0.717) is 22.8 Å². The number of carbonyl (C=O) groups is 2. The molecule has 2 aromatic rings. The van der Waals surface area contributed by atoms with Crippen LogP contribution in [-0.2, 0) is 4.74 Å². The van der Waals surface area contributed by atoms with Gasteiger partial charge in [-0.05, 0) is 45.0 Å². The predicted octanol–water partition coefficient (Wildman–Crippen LogP) is 3.26. The van der Waals surface area contributed by atoms with E-state index in [-0.39, 0.29) is 5.91 Å². The molecule has 0 aliphatic heterocycles. The molecule has 0 atom stereocenters. The van der Waals surface area contributed by atoms with E-state index in [2.05, 4.69) is 15.6 Å². The molecule has 0 aliphatic rings. The third kappa shape index (κ3) is 4.98. The van der Waals surface area contributed by atoms with Gasteiger partial charge in [-0.1, -0.05) is 12.1 Å². The van der Waals surface area contributed by atoms with Crippen LogP contribution in [-0.4, -0.2) is 22.6 Å². The molecule has 0 unspecified atom stereocenters. The number of ether oxygens (including phenoxy) is 1. The minimum Gasteiger partial charge on any atom is -0.444 e. The number of rotatable bonds is 3. The number of nitrogen functional groups attached to an aromatic ring is 1. The fraction of sp³-hybridized carbons (Fsp3) is 0.235. The molecule has 0 bridgehead atoms. The van der Waals surface area contributed by atoms with Crippen molar-refractivity contribution in [2.24, 2.45) is 0 Å². The lowest BCUT2D eigenvalue weighted by Gasteiger charge is -2.19. The van der Waals surface area contributed by atoms with Crippen LogP contribution in [0.2, 0.25) is 0 Å². The van der Waals surface area contributed by atoms with Crippen molar-refractivity contribution in [1.29, 1.82) is 0 Å². The molecule has 126 valence electrons. The average molecular weight is 328 g/mol. The number of nitrogens with zero attached hydrogens (tertiary/aromatic N) is 1. The normalized spacial score (nSPS) is 10.8. The zero-order valence-corrected chi connectivity index (χ0v) is 13.8.